The van der Waals surface area contributed by atoms with E-state index in [0.717, 1.165) is 12.8 Å². The first-order valence-corrected chi connectivity index (χ1v) is 5.24. The van der Waals surface area contributed by atoms with Crippen molar-refractivity contribution in [2.24, 2.45) is 5.73 Å². The molecule has 0 saturated heterocycles. The van der Waals surface area contributed by atoms with E-state index < -0.39 is 0 Å². The second-order valence-corrected chi connectivity index (χ2v) is 3.69. The zero-order valence-corrected chi connectivity index (χ0v) is 9.03. The van der Waals surface area contributed by atoms with Gasteiger partial charge in [-0.3, -0.25) is 0 Å². The van der Waals surface area contributed by atoms with Crippen LogP contribution in [0.3, 0.4) is 0 Å². The highest BCUT2D eigenvalue weighted by Crippen LogP contribution is 2.19. The minimum absolute atomic E-state index is 0.230. The molecule has 0 aliphatic rings. The first-order valence-electron chi connectivity index (χ1n) is 5.24. The molecule has 1 atom stereocenters. The summed E-state index contributed by atoms with van der Waals surface area (Å²) in [7, 11) is 0. The smallest absolute Gasteiger partial charge is 0.00510 e. The van der Waals surface area contributed by atoms with Gasteiger partial charge in [0.15, 0.2) is 0 Å². The summed E-state index contributed by atoms with van der Waals surface area (Å²) < 4.78 is 0. The third-order valence-electron chi connectivity index (χ3n) is 2.14. The lowest BCUT2D eigenvalue weighted by Gasteiger charge is -2.10. The molecule has 76 valence electrons. The van der Waals surface area contributed by atoms with Crippen LogP contribution in [0, 0.1) is 0 Å². The van der Waals surface area contributed by atoms with Gasteiger partial charge in [0.25, 0.3) is 0 Å². The number of hydrogen-bond acceptors (Lipinski definition) is 1. The Morgan fingerprint density at radius 2 is 2.00 bits per heavy atom. The molecule has 1 aromatic rings. The van der Waals surface area contributed by atoms with E-state index in [0.29, 0.717) is 0 Å². The molecule has 1 rings (SSSR count). The predicted octanol–water partition coefficient (Wildman–Crippen LogP) is 3.22. The Bertz CT molecular complexity index is 285. The van der Waals surface area contributed by atoms with Crippen molar-refractivity contribution in [2.45, 2.75) is 32.7 Å². The van der Waals surface area contributed by atoms with Gasteiger partial charge in [0, 0.05) is 6.04 Å². The first-order chi connectivity index (χ1) is 6.74. The van der Waals surface area contributed by atoms with Crippen LogP contribution in [0.2, 0.25) is 0 Å². The van der Waals surface area contributed by atoms with E-state index in [1.54, 1.807) is 0 Å². The van der Waals surface area contributed by atoms with Crippen molar-refractivity contribution in [1.82, 2.24) is 0 Å². The molecule has 14 heavy (non-hydrogen) atoms. The number of benzene rings is 1. The molecule has 1 unspecified atom stereocenters. The molecule has 1 aromatic carbocycles. The highest BCUT2D eigenvalue weighted by atomic mass is 14.6. The van der Waals surface area contributed by atoms with Gasteiger partial charge in [-0.15, -0.1) is 0 Å². The van der Waals surface area contributed by atoms with E-state index >= 15 is 0 Å². The monoisotopic (exact) mass is 189 g/mol. The zero-order valence-electron chi connectivity index (χ0n) is 9.03. The van der Waals surface area contributed by atoms with Gasteiger partial charge in [-0.1, -0.05) is 43.3 Å². The Kier molecular flexibility index (Phi) is 4.41. The summed E-state index contributed by atoms with van der Waals surface area (Å²) in [4.78, 5) is 0. The number of allylic oxidation sites excluding steroid dienone is 1. The molecule has 0 bridgehead atoms. The molecule has 0 amide bonds. The number of hydrogen-bond donors (Lipinski definition) is 1. The van der Waals surface area contributed by atoms with Crippen molar-refractivity contribution in [3.8, 4) is 0 Å². The largest absolute Gasteiger partial charge is 0.328 e. The van der Waals surface area contributed by atoms with E-state index in [2.05, 4.69) is 37.3 Å². The van der Waals surface area contributed by atoms with Crippen LogP contribution >= 0.6 is 0 Å². The Balaban J connectivity index is 2.84. The minimum atomic E-state index is 0.230. The van der Waals surface area contributed by atoms with Gasteiger partial charge in [0.05, 0.1) is 0 Å². The molecular formula is C13H19N. The maximum absolute atomic E-state index is 5.82. The average molecular weight is 189 g/mol. The molecule has 1 heteroatoms. The van der Waals surface area contributed by atoms with Crippen molar-refractivity contribution in [3.05, 3.63) is 42.0 Å². The Morgan fingerprint density at radius 1 is 1.36 bits per heavy atom. The molecular weight excluding hydrogens is 170 g/mol. The summed E-state index contributed by atoms with van der Waals surface area (Å²) in [5.74, 6) is 0. The van der Waals surface area contributed by atoms with E-state index in [1.807, 2.05) is 13.0 Å². The lowest BCUT2D eigenvalue weighted by Crippen LogP contribution is -2.14. The van der Waals surface area contributed by atoms with Crippen LogP contribution in [0.4, 0.5) is 0 Å². The average Bonchev–Trinajstić information content (AvgIpc) is 2.18. The number of rotatable bonds is 4. The summed E-state index contributed by atoms with van der Waals surface area (Å²) in [5, 5.41) is 0. The topological polar surface area (TPSA) is 26.0 Å². The van der Waals surface area contributed by atoms with Crippen LogP contribution in [-0.2, 0) is 0 Å². The van der Waals surface area contributed by atoms with Gasteiger partial charge in [0.1, 0.15) is 0 Å². The van der Waals surface area contributed by atoms with E-state index in [4.69, 9.17) is 5.73 Å². The Hall–Kier alpha value is -1.08. The van der Waals surface area contributed by atoms with Crippen LogP contribution in [0.15, 0.2) is 36.4 Å². The minimum Gasteiger partial charge on any atom is -0.328 e. The van der Waals surface area contributed by atoms with E-state index in [-0.39, 0.29) is 6.04 Å². The number of nitrogens with two attached hydrogens (primary N) is 1. The molecule has 0 spiro atoms. The third-order valence-corrected chi connectivity index (χ3v) is 2.14. The van der Waals surface area contributed by atoms with Gasteiger partial charge < -0.3 is 5.73 Å². The highest BCUT2D eigenvalue weighted by molar-refractivity contribution is 5.65. The maximum atomic E-state index is 5.82. The summed E-state index contributed by atoms with van der Waals surface area (Å²) in [6, 6.07) is 10.7. The molecule has 0 aliphatic heterocycles. The summed E-state index contributed by atoms with van der Waals surface area (Å²) in [6.07, 6.45) is 4.29. The van der Waals surface area contributed by atoms with Gasteiger partial charge in [0.2, 0.25) is 0 Å². The van der Waals surface area contributed by atoms with Crippen molar-refractivity contribution >= 4 is 5.57 Å². The van der Waals surface area contributed by atoms with Crippen LogP contribution in [0.5, 0.6) is 0 Å². The van der Waals surface area contributed by atoms with Gasteiger partial charge in [-0.2, -0.15) is 0 Å². The van der Waals surface area contributed by atoms with E-state index in [1.165, 1.54) is 11.1 Å². The van der Waals surface area contributed by atoms with Gasteiger partial charge >= 0.3 is 0 Å². The third kappa shape index (κ3) is 3.35. The van der Waals surface area contributed by atoms with Crippen molar-refractivity contribution < 1.29 is 0 Å². The molecule has 0 fully saturated rings. The first kappa shape index (κ1) is 11.0. The lowest BCUT2D eigenvalue weighted by atomic mass is 9.99. The fourth-order valence-corrected chi connectivity index (χ4v) is 1.56. The molecule has 0 aromatic heterocycles. The summed E-state index contributed by atoms with van der Waals surface area (Å²) in [6.45, 7) is 4.20. The second-order valence-electron chi connectivity index (χ2n) is 3.69. The molecule has 0 radical (unpaired) electrons. The standard InChI is InChI=1S/C13H19N/c1-3-7-13(10-11(2)14)12-8-5-4-6-9-12/h4-9,11H,3,10,14H2,1-2H3/b13-7-. The van der Waals surface area contributed by atoms with Crippen molar-refractivity contribution in [1.29, 1.82) is 0 Å². The molecule has 1 nitrogen and oxygen atoms in total. The maximum Gasteiger partial charge on any atom is 0.00510 e. The van der Waals surface area contributed by atoms with Gasteiger partial charge in [-0.05, 0) is 30.9 Å². The highest BCUT2D eigenvalue weighted by Gasteiger charge is 2.02. The Labute approximate surface area is 86.6 Å². The van der Waals surface area contributed by atoms with Gasteiger partial charge in [-0.25, -0.2) is 0 Å². The SMILES string of the molecule is CC/C=C(/CC(C)N)c1ccccc1. The quantitative estimate of drug-likeness (QED) is 0.773. The fraction of sp³-hybridized carbons (Fsp3) is 0.385. The van der Waals surface area contributed by atoms with E-state index in [9.17, 15) is 0 Å². The second kappa shape index (κ2) is 5.61. The van der Waals surface area contributed by atoms with Crippen LogP contribution in [0.1, 0.15) is 32.3 Å². The molecule has 0 heterocycles. The lowest BCUT2D eigenvalue weighted by molar-refractivity contribution is 0.766. The van der Waals surface area contributed by atoms with Crippen LogP contribution < -0.4 is 5.73 Å². The summed E-state index contributed by atoms with van der Waals surface area (Å²) in [5.41, 5.74) is 8.48. The summed E-state index contributed by atoms with van der Waals surface area (Å²) >= 11 is 0. The fourth-order valence-electron chi connectivity index (χ4n) is 1.56. The van der Waals surface area contributed by atoms with Crippen molar-refractivity contribution in [2.75, 3.05) is 0 Å². The van der Waals surface area contributed by atoms with Crippen LogP contribution in [-0.4, -0.2) is 6.04 Å². The molecule has 0 aliphatic carbocycles. The van der Waals surface area contributed by atoms with Crippen LogP contribution in [0.25, 0.3) is 5.57 Å². The normalized spacial score (nSPS) is 14.1. The molecule has 0 saturated carbocycles. The van der Waals surface area contributed by atoms with Crippen molar-refractivity contribution in [3.63, 3.8) is 0 Å². The zero-order chi connectivity index (χ0) is 10.4. The Morgan fingerprint density at radius 3 is 2.50 bits per heavy atom. The molecule has 2 N–H and O–H groups in total. The predicted molar refractivity (Wildman–Crippen MR) is 63.0 cm³/mol.